The van der Waals surface area contributed by atoms with Crippen molar-refractivity contribution in [2.75, 3.05) is 13.8 Å². The molecule has 0 saturated heterocycles. The van der Waals surface area contributed by atoms with Crippen LogP contribution in [-0.4, -0.2) is 36.9 Å². The molecule has 0 aliphatic carbocycles. The summed E-state index contributed by atoms with van der Waals surface area (Å²) in [5.74, 6) is -0.457. The Hall–Kier alpha value is -2.54. The van der Waals surface area contributed by atoms with Crippen LogP contribution in [0.5, 0.6) is 0 Å². The Balaban J connectivity index is 2.17. The molecule has 1 atom stereocenters. The van der Waals surface area contributed by atoms with Crippen molar-refractivity contribution in [2.24, 2.45) is 5.73 Å². The average molecular weight is 291 g/mol. The summed E-state index contributed by atoms with van der Waals surface area (Å²) in [5, 5.41) is 3.46. The first-order valence-electron chi connectivity index (χ1n) is 6.39. The zero-order valence-electron chi connectivity index (χ0n) is 11.6. The molecule has 0 radical (unpaired) electrons. The second kappa shape index (κ2) is 6.76. The van der Waals surface area contributed by atoms with E-state index in [1.807, 2.05) is 24.3 Å². The summed E-state index contributed by atoms with van der Waals surface area (Å²) in [4.78, 5) is 26.0. The van der Waals surface area contributed by atoms with Crippen LogP contribution < -0.4 is 11.1 Å². The van der Waals surface area contributed by atoms with E-state index in [1.165, 1.54) is 7.11 Å². The summed E-state index contributed by atoms with van der Waals surface area (Å²) in [5.41, 5.74) is 6.83. The second-order valence-corrected chi connectivity index (χ2v) is 4.46. The lowest BCUT2D eigenvalue weighted by Crippen LogP contribution is -2.41. The Labute approximate surface area is 121 Å². The minimum Gasteiger partial charge on any atom is -0.436 e. The molecule has 0 spiro atoms. The lowest BCUT2D eigenvalue weighted by molar-refractivity contribution is -0.130. The van der Waals surface area contributed by atoms with Gasteiger partial charge in [0, 0.05) is 30.6 Å². The van der Waals surface area contributed by atoms with Crippen molar-refractivity contribution in [3.63, 3.8) is 0 Å². The summed E-state index contributed by atoms with van der Waals surface area (Å²) >= 11 is 0. The molecule has 21 heavy (non-hydrogen) atoms. The number of hydrogen-bond acceptors (Lipinski definition) is 4. The summed E-state index contributed by atoms with van der Waals surface area (Å²) in [7, 11) is 1.45. The van der Waals surface area contributed by atoms with E-state index in [2.05, 4.69) is 10.3 Å². The fraction of sp³-hybridized carbons (Fsp3) is 0.286. The number of methoxy groups -OCH3 is 1. The molecule has 0 aliphatic rings. The average Bonchev–Trinajstić information content (AvgIpc) is 2.87. The largest absolute Gasteiger partial charge is 0.436 e. The van der Waals surface area contributed by atoms with Gasteiger partial charge in [0.1, 0.15) is 6.73 Å². The number of nitrogens with two attached hydrogens (primary N) is 1. The molecule has 7 heteroatoms. The van der Waals surface area contributed by atoms with Crippen molar-refractivity contribution < 1.29 is 19.1 Å². The predicted octanol–water partition coefficient (Wildman–Crippen LogP) is 0.894. The molecule has 4 N–H and O–H groups in total. The Morgan fingerprint density at radius 2 is 2.14 bits per heavy atom. The maximum atomic E-state index is 12.0. The number of carbonyl (C=O) groups excluding carboxylic acids is 2. The molecule has 2 aromatic rings. The molecule has 2 rings (SSSR count). The lowest BCUT2D eigenvalue weighted by Gasteiger charge is -2.15. The SMILES string of the molecule is COCNC(=O)C(Cc1c[nH]c2ccccc12)OC(N)=O. The van der Waals surface area contributed by atoms with Gasteiger partial charge >= 0.3 is 6.09 Å². The van der Waals surface area contributed by atoms with Gasteiger partial charge in [-0.1, -0.05) is 18.2 Å². The van der Waals surface area contributed by atoms with Gasteiger partial charge in [-0.3, -0.25) is 4.79 Å². The first-order valence-corrected chi connectivity index (χ1v) is 6.39. The van der Waals surface area contributed by atoms with Crippen molar-refractivity contribution in [1.82, 2.24) is 10.3 Å². The topological polar surface area (TPSA) is 106 Å². The van der Waals surface area contributed by atoms with Gasteiger partial charge in [0.05, 0.1) is 0 Å². The van der Waals surface area contributed by atoms with Crippen molar-refractivity contribution >= 4 is 22.9 Å². The molecule has 1 unspecified atom stereocenters. The first kappa shape index (κ1) is 14.9. The van der Waals surface area contributed by atoms with E-state index >= 15 is 0 Å². The van der Waals surface area contributed by atoms with E-state index in [-0.39, 0.29) is 13.2 Å². The third kappa shape index (κ3) is 3.73. The smallest absolute Gasteiger partial charge is 0.405 e. The number of ether oxygens (including phenoxy) is 2. The number of hydrogen-bond donors (Lipinski definition) is 3. The van der Waals surface area contributed by atoms with Crippen LogP contribution in [-0.2, 0) is 20.7 Å². The van der Waals surface area contributed by atoms with E-state index in [1.54, 1.807) is 6.20 Å². The van der Waals surface area contributed by atoms with Gasteiger partial charge in [0.2, 0.25) is 0 Å². The van der Waals surface area contributed by atoms with E-state index in [0.717, 1.165) is 16.5 Å². The Morgan fingerprint density at radius 1 is 1.38 bits per heavy atom. The van der Waals surface area contributed by atoms with E-state index in [4.69, 9.17) is 15.2 Å². The number of benzene rings is 1. The number of carbonyl (C=O) groups is 2. The molecule has 0 bridgehead atoms. The predicted molar refractivity (Wildman–Crippen MR) is 76.5 cm³/mol. The number of aromatic nitrogens is 1. The molecular formula is C14H17N3O4. The maximum Gasteiger partial charge on any atom is 0.405 e. The number of fused-ring (bicyclic) bond motifs is 1. The zero-order valence-corrected chi connectivity index (χ0v) is 11.6. The molecule has 0 saturated carbocycles. The number of aromatic amines is 1. The van der Waals surface area contributed by atoms with Gasteiger partial charge in [0.15, 0.2) is 6.10 Å². The highest BCUT2D eigenvalue weighted by Crippen LogP contribution is 2.19. The highest BCUT2D eigenvalue weighted by atomic mass is 16.6. The number of para-hydroxylation sites is 1. The highest BCUT2D eigenvalue weighted by Gasteiger charge is 2.23. The standard InChI is InChI=1S/C14H17N3O4/c1-20-8-17-13(18)12(21-14(15)19)6-9-7-16-11-5-3-2-4-10(9)11/h2-5,7,12,16H,6,8H2,1H3,(H2,15,19)(H,17,18). The monoisotopic (exact) mass is 291 g/mol. The van der Waals surface area contributed by atoms with Crippen LogP contribution in [0.2, 0.25) is 0 Å². The van der Waals surface area contributed by atoms with Crippen LogP contribution in [0.4, 0.5) is 4.79 Å². The zero-order chi connectivity index (χ0) is 15.2. The summed E-state index contributed by atoms with van der Waals surface area (Å²) < 4.78 is 9.65. The van der Waals surface area contributed by atoms with Crippen LogP contribution in [0.15, 0.2) is 30.5 Å². The quantitative estimate of drug-likeness (QED) is 0.687. The van der Waals surface area contributed by atoms with E-state index < -0.39 is 18.1 Å². The first-order chi connectivity index (χ1) is 10.1. The van der Waals surface area contributed by atoms with Crippen LogP contribution in [0.25, 0.3) is 10.9 Å². The summed E-state index contributed by atoms with van der Waals surface area (Å²) in [6.07, 6.45) is 0.0120. The molecule has 1 heterocycles. The second-order valence-electron chi connectivity index (χ2n) is 4.46. The number of nitrogens with one attached hydrogen (secondary N) is 2. The molecular weight excluding hydrogens is 274 g/mol. The van der Waals surface area contributed by atoms with Gasteiger partial charge in [-0.15, -0.1) is 0 Å². The molecule has 0 aliphatic heterocycles. The summed E-state index contributed by atoms with van der Waals surface area (Å²) in [6, 6.07) is 7.66. The number of rotatable bonds is 6. The molecule has 1 aromatic heterocycles. The molecule has 0 fully saturated rings. The lowest BCUT2D eigenvalue weighted by atomic mass is 10.1. The molecule has 2 amide bonds. The van der Waals surface area contributed by atoms with Gasteiger partial charge < -0.3 is 25.5 Å². The number of H-pyrrole nitrogens is 1. The van der Waals surface area contributed by atoms with Gasteiger partial charge in [-0.2, -0.15) is 0 Å². The van der Waals surface area contributed by atoms with Gasteiger partial charge in [0.25, 0.3) is 5.91 Å². The van der Waals surface area contributed by atoms with Crippen molar-refractivity contribution in [1.29, 1.82) is 0 Å². The van der Waals surface area contributed by atoms with Gasteiger partial charge in [-0.05, 0) is 11.6 Å². The normalized spacial score (nSPS) is 12.0. The minimum absolute atomic E-state index is 0.0331. The number of amides is 2. The van der Waals surface area contributed by atoms with Crippen LogP contribution in [0.1, 0.15) is 5.56 Å². The van der Waals surface area contributed by atoms with Gasteiger partial charge in [-0.25, -0.2) is 4.79 Å². The summed E-state index contributed by atoms with van der Waals surface area (Å²) in [6.45, 7) is 0.0331. The van der Waals surface area contributed by atoms with Crippen molar-refractivity contribution in [2.45, 2.75) is 12.5 Å². The Morgan fingerprint density at radius 3 is 2.86 bits per heavy atom. The Kier molecular flexibility index (Phi) is 4.78. The van der Waals surface area contributed by atoms with Crippen LogP contribution in [0, 0.1) is 0 Å². The van der Waals surface area contributed by atoms with E-state index in [0.29, 0.717) is 0 Å². The Bertz CT molecular complexity index is 638. The minimum atomic E-state index is -1.00. The molecule has 112 valence electrons. The van der Waals surface area contributed by atoms with E-state index in [9.17, 15) is 9.59 Å². The van der Waals surface area contributed by atoms with Crippen LogP contribution >= 0.6 is 0 Å². The molecule has 1 aromatic carbocycles. The van der Waals surface area contributed by atoms with Crippen LogP contribution in [0.3, 0.4) is 0 Å². The fourth-order valence-electron chi connectivity index (χ4n) is 2.09. The molecule has 7 nitrogen and oxygen atoms in total. The highest BCUT2D eigenvalue weighted by molar-refractivity contribution is 5.86. The fourth-order valence-corrected chi connectivity index (χ4v) is 2.09. The van der Waals surface area contributed by atoms with Crippen molar-refractivity contribution in [3.8, 4) is 0 Å². The number of primary amides is 1. The third-order valence-electron chi connectivity index (χ3n) is 3.02. The third-order valence-corrected chi connectivity index (χ3v) is 3.02. The maximum absolute atomic E-state index is 12.0. The van der Waals surface area contributed by atoms with Crippen molar-refractivity contribution in [3.05, 3.63) is 36.0 Å².